The third-order valence-corrected chi connectivity index (χ3v) is 3.56. The predicted octanol–water partition coefficient (Wildman–Crippen LogP) is 3.98. The van der Waals surface area contributed by atoms with Gasteiger partial charge in [-0.3, -0.25) is 0 Å². The first-order valence-electron chi connectivity index (χ1n) is 6.70. The molecule has 1 saturated carbocycles. The molecule has 3 heteroatoms. The summed E-state index contributed by atoms with van der Waals surface area (Å²) < 4.78 is 18.6. The average molecular weight is 259 g/mol. The highest BCUT2D eigenvalue weighted by molar-refractivity contribution is 5.15. The van der Waals surface area contributed by atoms with Crippen LogP contribution in [0.15, 0.2) is 36.4 Å². The fourth-order valence-electron chi connectivity index (χ4n) is 2.42. The van der Waals surface area contributed by atoms with Crippen molar-refractivity contribution < 1.29 is 9.13 Å². The fraction of sp³-hybridized carbons (Fsp3) is 0.438. The van der Waals surface area contributed by atoms with Crippen LogP contribution in [0.2, 0.25) is 0 Å². The maximum atomic E-state index is 12.8. The van der Waals surface area contributed by atoms with Gasteiger partial charge in [-0.05, 0) is 49.3 Å². The molecule has 0 heterocycles. The highest BCUT2D eigenvalue weighted by atomic mass is 19.1. The zero-order valence-electron chi connectivity index (χ0n) is 10.9. The van der Waals surface area contributed by atoms with E-state index in [1.165, 1.54) is 12.1 Å². The number of hydrogen-bond acceptors (Lipinski definition) is 2. The number of ether oxygens (including phenoxy) is 1. The molecule has 0 aromatic heterocycles. The van der Waals surface area contributed by atoms with E-state index in [0.29, 0.717) is 12.5 Å². The minimum atomic E-state index is -0.214. The summed E-state index contributed by atoms with van der Waals surface area (Å²) in [6.07, 6.45) is 8.07. The number of hydrogen-bond donors (Lipinski definition) is 0. The standard InChI is InChI=1S/C16H18FNO/c17-15-7-3-14(4-8-15)12-19-16-9-5-13(6-10-16)2-1-11-18/h1-4,7-8,13,16H,5-6,9-10,12H2/t13-,16-. The first-order chi connectivity index (χ1) is 9.28. The molecule has 1 fully saturated rings. The lowest BCUT2D eigenvalue weighted by atomic mass is 9.87. The van der Waals surface area contributed by atoms with Crippen molar-refractivity contribution in [1.82, 2.24) is 0 Å². The zero-order valence-corrected chi connectivity index (χ0v) is 10.9. The van der Waals surface area contributed by atoms with Gasteiger partial charge in [-0.15, -0.1) is 0 Å². The molecule has 0 bridgehead atoms. The Morgan fingerprint density at radius 3 is 2.53 bits per heavy atom. The summed E-state index contributed by atoms with van der Waals surface area (Å²) in [6.45, 7) is 0.545. The van der Waals surface area contributed by atoms with Gasteiger partial charge in [-0.1, -0.05) is 18.2 Å². The second kappa shape index (κ2) is 7.06. The van der Waals surface area contributed by atoms with Crippen LogP contribution in [0.5, 0.6) is 0 Å². The second-order valence-corrected chi connectivity index (χ2v) is 4.96. The Hall–Kier alpha value is -1.66. The van der Waals surface area contributed by atoms with Crippen molar-refractivity contribution in [2.75, 3.05) is 0 Å². The van der Waals surface area contributed by atoms with Gasteiger partial charge in [0.25, 0.3) is 0 Å². The van der Waals surface area contributed by atoms with Gasteiger partial charge in [0.15, 0.2) is 0 Å². The van der Waals surface area contributed by atoms with Gasteiger partial charge >= 0.3 is 0 Å². The normalized spacial score (nSPS) is 23.4. The topological polar surface area (TPSA) is 33.0 Å². The molecule has 0 aliphatic heterocycles. The van der Waals surface area contributed by atoms with Crippen molar-refractivity contribution in [1.29, 1.82) is 5.26 Å². The summed E-state index contributed by atoms with van der Waals surface area (Å²) in [5, 5.41) is 8.49. The molecule has 0 radical (unpaired) electrons. The second-order valence-electron chi connectivity index (χ2n) is 4.96. The first kappa shape index (κ1) is 13.8. The minimum absolute atomic E-state index is 0.214. The Balaban J connectivity index is 1.73. The van der Waals surface area contributed by atoms with Gasteiger partial charge in [-0.2, -0.15) is 5.26 Å². The molecule has 0 spiro atoms. The Labute approximate surface area is 113 Å². The van der Waals surface area contributed by atoms with E-state index in [1.807, 2.05) is 12.1 Å². The third kappa shape index (κ3) is 4.50. The van der Waals surface area contributed by atoms with Gasteiger partial charge in [0.1, 0.15) is 5.82 Å². The Morgan fingerprint density at radius 2 is 1.89 bits per heavy atom. The number of nitriles is 1. The summed E-state index contributed by atoms with van der Waals surface area (Å²) in [4.78, 5) is 0. The van der Waals surface area contributed by atoms with Gasteiger partial charge in [0, 0.05) is 6.08 Å². The SMILES string of the molecule is N#CC=C[C@H]1CC[C@H](OCc2ccc(F)cc2)CC1. The van der Waals surface area contributed by atoms with Crippen molar-refractivity contribution in [3.05, 3.63) is 47.8 Å². The Morgan fingerprint density at radius 1 is 1.21 bits per heavy atom. The molecule has 2 rings (SSSR count). The van der Waals surface area contributed by atoms with E-state index < -0.39 is 0 Å². The Bertz CT molecular complexity index is 453. The molecule has 1 aromatic carbocycles. The van der Waals surface area contributed by atoms with Crippen LogP contribution in [0.3, 0.4) is 0 Å². The molecule has 0 amide bonds. The highest BCUT2D eigenvalue weighted by Gasteiger charge is 2.19. The quantitative estimate of drug-likeness (QED) is 0.766. The van der Waals surface area contributed by atoms with Crippen LogP contribution in [-0.2, 0) is 11.3 Å². The number of rotatable bonds is 4. The lowest BCUT2D eigenvalue weighted by Crippen LogP contribution is -2.20. The van der Waals surface area contributed by atoms with Crippen LogP contribution < -0.4 is 0 Å². The summed E-state index contributed by atoms with van der Waals surface area (Å²) in [5.41, 5.74) is 1.01. The minimum Gasteiger partial charge on any atom is -0.374 e. The van der Waals surface area contributed by atoms with E-state index in [0.717, 1.165) is 31.2 Å². The Kier molecular flexibility index (Phi) is 5.11. The largest absolute Gasteiger partial charge is 0.374 e. The van der Waals surface area contributed by atoms with Crippen molar-refractivity contribution in [2.24, 2.45) is 5.92 Å². The van der Waals surface area contributed by atoms with Crippen LogP contribution in [0.1, 0.15) is 31.2 Å². The van der Waals surface area contributed by atoms with Crippen molar-refractivity contribution >= 4 is 0 Å². The monoisotopic (exact) mass is 259 g/mol. The molecule has 1 aliphatic carbocycles. The molecule has 19 heavy (non-hydrogen) atoms. The number of halogens is 1. The summed E-state index contributed by atoms with van der Waals surface area (Å²) >= 11 is 0. The van der Waals surface area contributed by atoms with Crippen molar-refractivity contribution in [3.8, 4) is 6.07 Å². The van der Waals surface area contributed by atoms with Crippen LogP contribution in [0.4, 0.5) is 4.39 Å². The molecule has 2 nitrogen and oxygen atoms in total. The average Bonchev–Trinajstić information content (AvgIpc) is 2.46. The first-order valence-corrected chi connectivity index (χ1v) is 6.70. The van der Waals surface area contributed by atoms with Gasteiger partial charge in [-0.25, -0.2) is 4.39 Å². The van der Waals surface area contributed by atoms with E-state index in [9.17, 15) is 4.39 Å². The van der Waals surface area contributed by atoms with Crippen LogP contribution >= 0.6 is 0 Å². The van der Waals surface area contributed by atoms with Crippen LogP contribution in [-0.4, -0.2) is 6.10 Å². The van der Waals surface area contributed by atoms with E-state index >= 15 is 0 Å². The molecular formula is C16H18FNO. The molecule has 0 unspecified atom stereocenters. The number of allylic oxidation sites excluding steroid dienone is 2. The highest BCUT2D eigenvalue weighted by Crippen LogP contribution is 2.27. The predicted molar refractivity (Wildman–Crippen MR) is 71.7 cm³/mol. The van der Waals surface area contributed by atoms with Crippen molar-refractivity contribution in [3.63, 3.8) is 0 Å². The van der Waals surface area contributed by atoms with E-state index in [-0.39, 0.29) is 11.9 Å². The zero-order chi connectivity index (χ0) is 13.5. The van der Waals surface area contributed by atoms with Crippen molar-refractivity contribution in [2.45, 2.75) is 38.4 Å². The van der Waals surface area contributed by atoms with Gasteiger partial charge in [0.05, 0.1) is 18.8 Å². The maximum absolute atomic E-state index is 12.8. The fourth-order valence-corrected chi connectivity index (χ4v) is 2.42. The summed E-state index contributed by atoms with van der Waals surface area (Å²) in [7, 11) is 0. The summed E-state index contributed by atoms with van der Waals surface area (Å²) in [5.74, 6) is 0.304. The molecule has 0 N–H and O–H groups in total. The number of benzene rings is 1. The lowest BCUT2D eigenvalue weighted by molar-refractivity contribution is 0.0110. The number of nitrogens with zero attached hydrogens (tertiary/aromatic N) is 1. The van der Waals surface area contributed by atoms with E-state index in [2.05, 4.69) is 0 Å². The molecular weight excluding hydrogens is 241 g/mol. The molecule has 1 aromatic rings. The summed E-state index contributed by atoms with van der Waals surface area (Å²) in [6, 6.07) is 8.48. The maximum Gasteiger partial charge on any atom is 0.123 e. The molecule has 0 atom stereocenters. The van der Waals surface area contributed by atoms with Crippen LogP contribution in [0.25, 0.3) is 0 Å². The lowest BCUT2D eigenvalue weighted by Gasteiger charge is -2.26. The molecule has 100 valence electrons. The van der Waals surface area contributed by atoms with Crippen LogP contribution in [0, 0.1) is 23.1 Å². The molecule has 0 saturated heterocycles. The molecule has 1 aliphatic rings. The van der Waals surface area contributed by atoms with Gasteiger partial charge < -0.3 is 4.74 Å². The van der Waals surface area contributed by atoms with E-state index in [4.69, 9.17) is 10.00 Å². The smallest absolute Gasteiger partial charge is 0.123 e. The van der Waals surface area contributed by atoms with E-state index in [1.54, 1.807) is 18.2 Å². The third-order valence-electron chi connectivity index (χ3n) is 3.56. The van der Waals surface area contributed by atoms with Gasteiger partial charge in [0.2, 0.25) is 0 Å².